The smallest absolute Gasteiger partial charge is 0.227 e. The van der Waals surface area contributed by atoms with Crippen molar-refractivity contribution in [2.45, 2.75) is 33.9 Å². The molecule has 1 heterocycles. The molecule has 0 saturated heterocycles. The van der Waals surface area contributed by atoms with E-state index in [1.807, 2.05) is 68.1 Å². The minimum atomic E-state index is -0.557. The fourth-order valence-corrected chi connectivity index (χ4v) is 4.31. The highest BCUT2D eigenvalue weighted by atomic mass is 35.5. The molecule has 0 bridgehead atoms. The topological polar surface area (TPSA) is 83.5 Å². The third-order valence-corrected chi connectivity index (χ3v) is 6.31. The number of hydrogen-bond donors (Lipinski definition) is 1. The van der Waals surface area contributed by atoms with Gasteiger partial charge in [0, 0.05) is 35.2 Å². The molecule has 198 valence electrons. The summed E-state index contributed by atoms with van der Waals surface area (Å²) in [6, 6.07) is 20.3. The minimum Gasteiger partial charge on any atom is -0.494 e. The highest BCUT2D eigenvalue weighted by molar-refractivity contribution is 6.44. The fraction of sp³-hybridized carbons (Fsp3) is 0.276. The first-order chi connectivity index (χ1) is 18.2. The Morgan fingerprint density at radius 1 is 1.03 bits per heavy atom. The third-order valence-electron chi connectivity index (χ3n) is 6.06. The van der Waals surface area contributed by atoms with Crippen LogP contribution in [0.25, 0.3) is 0 Å². The number of ketones is 1. The van der Waals surface area contributed by atoms with Crippen molar-refractivity contribution >= 4 is 46.2 Å². The number of nitrogens with one attached hydrogen (secondary N) is 1. The summed E-state index contributed by atoms with van der Waals surface area (Å²) in [5, 5.41) is 10.0. The number of carbonyl (C=O) groups excluding carboxylic acids is 2. The lowest BCUT2D eigenvalue weighted by molar-refractivity contribution is -0.119. The molecule has 1 aliphatic rings. The molecule has 3 aromatic rings. The molecule has 9 heteroatoms. The quantitative estimate of drug-likeness (QED) is 0.348. The van der Waals surface area contributed by atoms with Crippen LogP contribution < -0.4 is 24.7 Å². The van der Waals surface area contributed by atoms with Gasteiger partial charge in [0.15, 0.2) is 17.8 Å². The first-order valence-corrected chi connectivity index (χ1v) is 12.8. The number of ether oxygens (including phenoxy) is 2. The summed E-state index contributed by atoms with van der Waals surface area (Å²) in [6.07, 6.45) is -0.557. The van der Waals surface area contributed by atoms with E-state index < -0.39 is 6.17 Å². The van der Waals surface area contributed by atoms with Gasteiger partial charge in [0.05, 0.1) is 25.1 Å². The Morgan fingerprint density at radius 3 is 2.34 bits per heavy atom. The lowest BCUT2D eigenvalue weighted by Crippen LogP contribution is -2.38. The van der Waals surface area contributed by atoms with Crippen molar-refractivity contribution in [2.75, 3.05) is 28.9 Å². The Bertz CT molecular complexity index is 1360. The third kappa shape index (κ3) is 5.45. The van der Waals surface area contributed by atoms with Gasteiger partial charge >= 0.3 is 0 Å². The molecule has 8 nitrogen and oxygen atoms in total. The van der Waals surface area contributed by atoms with Gasteiger partial charge in [0.1, 0.15) is 11.5 Å². The van der Waals surface area contributed by atoms with Crippen LogP contribution in [-0.2, 0) is 9.59 Å². The highest BCUT2D eigenvalue weighted by Gasteiger charge is 2.41. The van der Waals surface area contributed by atoms with E-state index in [-0.39, 0.29) is 23.4 Å². The van der Waals surface area contributed by atoms with Crippen molar-refractivity contribution in [2.24, 2.45) is 11.0 Å². The summed E-state index contributed by atoms with van der Waals surface area (Å²) < 4.78 is 11.6. The molecule has 0 aromatic heterocycles. The van der Waals surface area contributed by atoms with Crippen LogP contribution in [0.2, 0.25) is 5.02 Å². The van der Waals surface area contributed by atoms with Crippen LogP contribution in [0, 0.1) is 5.92 Å². The molecule has 1 N–H and O–H groups in total. The van der Waals surface area contributed by atoms with Gasteiger partial charge in [-0.2, -0.15) is 0 Å². The maximum atomic E-state index is 13.0. The standard InChI is InChI=1S/C29H31ClN4O4/c1-6-38-25-10-8-7-9-23(25)29-33(22-15-16-24(26(17-22)37-5)31-28(36)18(2)3)27(19(4)35)32-34(29)21-13-11-20(30)12-14-21/h7-18,29H,6H2,1-5H3,(H,31,36). The number of halogens is 1. The summed E-state index contributed by atoms with van der Waals surface area (Å²) >= 11 is 6.16. The zero-order valence-corrected chi connectivity index (χ0v) is 22.8. The van der Waals surface area contributed by atoms with Gasteiger partial charge in [-0.05, 0) is 49.4 Å². The first kappa shape index (κ1) is 27.0. The lowest BCUT2D eigenvalue weighted by Gasteiger charge is -2.33. The van der Waals surface area contributed by atoms with Crippen molar-refractivity contribution in [1.29, 1.82) is 0 Å². The van der Waals surface area contributed by atoms with E-state index in [1.54, 1.807) is 29.3 Å². The zero-order chi connectivity index (χ0) is 27.4. The van der Waals surface area contributed by atoms with E-state index in [0.29, 0.717) is 34.5 Å². The van der Waals surface area contributed by atoms with E-state index in [1.165, 1.54) is 14.0 Å². The van der Waals surface area contributed by atoms with Crippen LogP contribution in [-0.4, -0.2) is 31.2 Å². The molecular weight excluding hydrogens is 504 g/mol. The van der Waals surface area contributed by atoms with Crippen molar-refractivity contribution in [3.05, 3.63) is 77.3 Å². The predicted molar refractivity (Wildman–Crippen MR) is 151 cm³/mol. The largest absolute Gasteiger partial charge is 0.494 e. The van der Waals surface area contributed by atoms with Gasteiger partial charge in [-0.3, -0.25) is 14.5 Å². The second kappa shape index (κ2) is 11.6. The van der Waals surface area contributed by atoms with Crippen LogP contribution in [0.15, 0.2) is 71.8 Å². The van der Waals surface area contributed by atoms with Crippen molar-refractivity contribution in [3.63, 3.8) is 0 Å². The number of amides is 1. The molecule has 0 aliphatic carbocycles. The molecule has 3 aromatic carbocycles. The fourth-order valence-electron chi connectivity index (χ4n) is 4.19. The molecule has 1 amide bonds. The van der Waals surface area contributed by atoms with E-state index >= 15 is 0 Å². The van der Waals surface area contributed by atoms with Gasteiger partial charge in [-0.1, -0.05) is 43.6 Å². The maximum Gasteiger partial charge on any atom is 0.227 e. The van der Waals surface area contributed by atoms with Crippen LogP contribution in [0.3, 0.4) is 0 Å². The van der Waals surface area contributed by atoms with Crippen molar-refractivity contribution < 1.29 is 19.1 Å². The number of anilines is 3. The number of nitrogens with zero attached hydrogens (tertiary/aromatic N) is 3. The number of carbonyl (C=O) groups is 2. The van der Waals surface area contributed by atoms with Crippen LogP contribution in [0.1, 0.15) is 39.4 Å². The lowest BCUT2D eigenvalue weighted by atomic mass is 10.1. The van der Waals surface area contributed by atoms with E-state index in [4.69, 9.17) is 26.2 Å². The highest BCUT2D eigenvalue weighted by Crippen LogP contribution is 2.43. The molecule has 0 fully saturated rings. The summed E-state index contributed by atoms with van der Waals surface area (Å²) in [5.41, 5.74) is 2.77. The first-order valence-electron chi connectivity index (χ1n) is 12.4. The molecule has 1 unspecified atom stereocenters. The molecule has 1 aliphatic heterocycles. The predicted octanol–water partition coefficient (Wildman–Crippen LogP) is 6.27. The Kier molecular flexibility index (Phi) is 8.22. The van der Waals surface area contributed by atoms with Crippen LogP contribution >= 0.6 is 11.6 Å². The number of para-hydroxylation sites is 1. The molecule has 1 atom stereocenters. The van der Waals surface area contributed by atoms with Gasteiger partial charge in [0.2, 0.25) is 5.91 Å². The van der Waals surface area contributed by atoms with Gasteiger partial charge in [-0.15, -0.1) is 5.10 Å². The molecule has 0 radical (unpaired) electrons. The normalized spacial score (nSPS) is 14.9. The second-order valence-electron chi connectivity index (χ2n) is 9.04. The molecule has 0 saturated carbocycles. The Hall–Kier alpha value is -4.04. The Labute approximate surface area is 227 Å². The number of Topliss-reactive ketones (excluding diaryl/α,β-unsaturated/α-hetero) is 1. The van der Waals surface area contributed by atoms with Gasteiger partial charge < -0.3 is 14.8 Å². The number of rotatable bonds is 9. The second-order valence-corrected chi connectivity index (χ2v) is 9.48. The van der Waals surface area contributed by atoms with E-state index in [9.17, 15) is 9.59 Å². The summed E-state index contributed by atoms with van der Waals surface area (Å²) in [4.78, 5) is 27.2. The summed E-state index contributed by atoms with van der Waals surface area (Å²) in [5.74, 6) is 0.856. The summed E-state index contributed by atoms with van der Waals surface area (Å²) in [6.45, 7) is 7.52. The monoisotopic (exact) mass is 534 g/mol. The SMILES string of the molecule is CCOc1ccccc1C1N(c2ccc(Cl)cc2)N=C(C(C)=O)N1c1ccc(NC(=O)C(C)C)c(OC)c1. The van der Waals surface area contributed by atoms with Gasteiger partial charge in [0.25, 0.3) is 0 Å². The zero-order valence-electron chi connectivity index (χ0n) is 22.1. The molecule has 38 heavy (non-hydrogen) atoms. The maximum absolute atomic E-state index is 13.0. The van der Waals surface area contributed by atoms with Gasteiger partial charge in [-0.25, -0.2) is 5.01 Å². The number of benzene rings is 3. The Balaban J connectivity index is 1.89. The number of hydrogen-bond acceptors (Lipinski definition) is 7. The average Bonchev–Trinajstić information content (AvgIpc) is 3.30. The van der Waals surface area contributed by atoms with Crippen LogP contribution in [0.5, 0.6) is 11.5 Å². The Morgan fingerprint density at radius 2 is 1.71 bits per heavy atom. The van der Waals surface area contributed by atoms with Crippen LogP contribution in [0.4, 0.5) is 17.1 Å². The van der Waals surface area contributed by atoms with Crippen molar-refractivity contribution in [1.82, 2.24) is 0 Å². The molecular formula is C29H31ClN4O4. The molecule has 4 rings (SSSR count). The van der Waals surface area contributed by atoms with Crippen molar-refractivity contribution in [3.8, 4) is 11.5 Å². The average molecular weight is 535 g/mol. The molecule has 0 spiro atoms. The number of amidine groups is 1. The number of hydrazone groups is 1. The van der Waals surface area contributed by atoms with E-state index in [2.05, 4.69) is 5.32 Å². The number of methoxy groups -OCH3 is 1. The minimum absolute atomic E-state index is 0.124. The summed E-state index contributed by atoms with van der Waals surface area (Å²) in [7, 11) is 1.54. The van der Waals surface area contributed by atoms with E-state index in [0.717, 1.165) is 11.3 Å².